The van der Waals surface area contributed by atoms with Crippen LogP contribution < -0.4 is 9.47 Å². The molecule has 3 heterocycles. The van der Waals surface area contributed by atoms with Crippen LogP contribution in [0.5, 0.6) is 11.5 Å². The van der Waals surface area contributed by atoms with Crippen LogP contribution in [0, 0.1) is 6.92 Å². The summed E-state index contributed by atoms with van der Waals surface area (Å²) >= 11 is 1.58. The first kappa shape index (κ1) is 17.6. The fraction of sp³-hybridized carbons (Fsp3) is 0.143. The third kappa shape index (κ3) is 2.80. The first-order valence-electron chi connectivity index (χ1n) is 8.98. The van der Waals surface area contributed by atoms with Crippen LogP contribution in [0.3, 0.4) is 0 Å². The minimum atomic E-state index is 0.671. The summed E-state index contributed by atoms with van der Waals surface area (Å²) in [6.45, 7) is 1.89. The Morgan fingerprint density at radius 1 is 0.966 bits per heavy atom. The number of hydrogen-bond donors (Lipinski definition) is 0. The van der Waals surface area contributed by atoms with Gasteiger partial charge in [0.1, 0.15) is 16.2 Å². The molecule has 7 nitrogen and oxygen atoms in total. The van der Waals surface area contributed by atoms with Crippen LogP contribution in [-0.4, -0.2) is 39.2 Å². The minimum absolute atomic E-state index is 0.671. The van der Waals surface area contributed by atoms with Crippen molar-refractivity contribution in [1.82, 2.24) is 25.0 Å². The van der Waals surface area contributed by atoms with E-state index in [1.807, 2.05) is 49.4 Å². The molecule has 0 amide bonds. The van der Waals surface area contributed by atoms with Crippen LogP contribution in [0.25, 0.3) is 38.2 Å². The zero-order valence-corrected chi connectivity index (χ0v) is 16.9. The monoisotopic (exact) mass is 403 g/mol. The topological polar surface area (TPSA) is 75.0 Å². The fourth-order valence-electron chi connectivity index (χ4n) is 3.42. The van der Waals surface area contributed by atoms with Gasteiger partial charge in [0.05, 0.1) is 25.1 Å². The molecule has 0 N–H and O–H groups in total. The number of fused-ring (bicyclic) bond motifs is 2. The van der Waals surface area contributed by atoms with Crippen molar-refractivity contribution in [3.63, 3.8) is 0 Å². The predicted octanol–water partition coefficient (Wildman–Crippen LogP) is 4.42. The zero-order valence-electron chi connectivity index (χ0n) is 16.1. The molecule has 0 aliphatic heterocycles. The standard InChI is InChI=1S/C21H17N5O2S/c1-12-22-20(26-16-7-5-4-6-15(16)24-25-26)19-14(11-29-21(19)23-12)13-8-9-17(27-2)18(10-13)28-3/h4-11H,1-3H3. The van der Waals surface area contributed by atoms with Gasteiger partial charge >= 0.3 is 0 Å². The van der Waals surface area contributed by atoms with Gasteiger partial charge in [-0.1, -0.05) is 23.4 Å². The summed E-state index contributed by atoms with van der Waals surface area (Å²) in [7, 11) is 3.26. The number of methoxy groups -OCH3 is 2. The fourth-order valence-corrected chi connectivity index (χ4v) is 4.41. The number of aryl methyl sites for hydroxylation is 1. The maximum absolute atomic E-state index is 5.49. The highest BCUT2D eigenvalue weighted by Gasteiger charge is 2.19. The lowest BCUT2D eigenvalue weighted by Crippen LogP contribution is -2.03. The van der Waals surface area contributed by atoms with Crippen LogP contribution in [0.4, 0.5) is 0 Å². The molecule has 29 heavy (non-hydrogen) atoms. The average molecular weight is 403 g/mol. The highest BCUT2D eigenvalue weighted by Crippen LogP contribution is 2.39. The second-order valence-electron chi connectivity index (χ2n) is 6.48. The number of hydrogen-bond acceptors (Lipinski definition) is 7. The van der Waals surface area contributed by atoms with Gasteiger partial charge in [0, 0.05) is 10.9 Å². The Labute approximate surface area is 170 Å². The van der Waals surface area contributed by atoms with Gasteiger partial charge in [0.2, 0.25) is 0 Å². The van der Waals surface area contributed by atoms with Crippen LogP contribution >= 0.6 is 11.3 Å². The van der Waals surface area contributed by atoms with E-state index in [0.717, 1.165) is 32.4 Å². The Balaban J connectivity index is 1.80. The van der Waals surface area contributed by atoms with Crippen LogP contribution in [0.15, 0.2) is 47.8 Å². The van der Waals surface area contributed by atoms with Gasteiger partial charge in [-0.25, -0.2) is 9.97 Å². The molecular weight excluding hydrogens is 386 g/mol. The number of aromatic nitrogens is 5. The second kappa shape index (κ2) is 6.82. The second-order valence-corrected chi connectivity index (χ2v) is 7.34. The molecule has 5 rings (SSSR count). The third-order valence-electron chi connectivity index (χ3n) is 4.77. The number of nitrogens with zero attached hydrogens (tertiary/aromatic N) is 5. The van der Waals surface area contributed by atoms with Crippen LogP contribution in [0.2, 0.25) is 0 Å². The molecule has 0 saturated heterocycles. The lowest BCUT2D eigenvalue weighted by molar-refractivity contribution is 0.355. The summed E-state index contributed by atoms with van der Waals surface area (Å²) in [5, 5.41) is 11.7. The molecule has 0 saturated carbocycles. The maximum Gasteiger partial charge on any atom is 0.168 e. The van der Waals surface area contributed by atoms with Crippen molar-refractivity contribution in [3.8, 4) is 28.4 Å². The van der Waals surface area contributed by atoms with E-state index in [1.54, 1.807) is 30.2 Å². The summed E-state index contributed by atoms with van der Waals surface area (Å²) in [5.41, 5.74) is 3.73. The van der Waals surface area contributed by atoms with Crippen molar-refractivity contribution < 1.29 is 9.47 Å². The quantitative estimate of drug-likeness (QED) is 0.442. The van der Waals surface area contributed by atoms with Crippen molar-refractivity contribution in [1.29, 1.82) is 0 Å². The van der Waals surface area contributed by atoms with Crippen LogP contribution in [-0.2, 0) is 0 Å². The first-order valence-corrected chi connectivity index (χ1v) is 9.86. The molecule has 0 atom stereocenters. The Kier molecular flexibility index (Phi) is 4.13. The Bertz CT molecular complexity index is 1360. The summed E-state index contributed by atoms with van der Waals surface area (Å²) in [5.74, 6) is 2.76. The Hall–Kier alpha value is -3.52. The molecular formula is C21H17N5O2S. The number of ether oxygens (including phenoxy) is 2. The van der Waals surface area contributed by atoms with Gasteiger partial charge in [-0.3, -0.25) is 0 Å². The molecule has 0 radical (unpaired) electrons. The molecule has 0 aliphatic carbocycles. The van der Waals surface area contributed by atoms with Crippen molar-refractivity contribution in [2.75, 3.05) is 14.2 Å². The predicted molar refractivity (Wildman–Crippen MR) is 113 cm³/mol. The van der Waals surface area contributed by atoms with Gasteiger partial charge in [-0.15, -0.1) is 16.4 Å². The largest absolute Gasteiger partial charge is 0.493 e. The third-order valence-corrected chi connectivity index (χ3v) is 5.65. The summed E-state index contributed by atoms with van der Waals surface area (Å²) in [4.78, 5) is 10.3. The molecule has 0 spiro atoms. The van der Waals surface area contributed by atoms with E-state index >= 15 is 0 Å². The Morgan fingerprint density at radius 3 is 2.62 bits per heavy atom. The highest BCUT2D eigenvalue weighted by atomic mass is 32.1. The van der Waals surface area contributed by atoms with Gasteiger partial charge in [0.15, 0.2) is 17.3 Å². The molecule has 144 valence electrons. The molecule has 2 aromatic carbocycles. The van der Waals surface area contributed by atoms with Gasteiger partial charge in [0.25, 0.3) is 0 Å². The van der Waals surface area contributed by atoms with E-state index in [4.69, 9.17) is 14.5 Å². The highest BCUT2D eigenvalue weighted by molar-refractivity contribution is 7.17. The van der Waals surface area contributed by atoms with E-state index in [-0.39, 0.29) is 0 Å². The van der Waals surface area contributed by atoms with E-state index in [1.165, 1.54) is 0 Å². The maximum atomic E-state index is 5.49. The number of thiophene rings is 1. The molecule has 8 heteroatoms. The SMILES string of the molecule is COc1ccc(-c2csc3nc(C)nc(-n4nnc5ccccc54)c23)cc1OC. The van der Waals surface area contributed by atoms with Crippen molar-refractivity contribution in [2.24, 2.45) is 0 Å². The zero-order chi connectivity index (χ0) is 20.0. The van der Waals surface area contributed by atoms with Gasteiger partial charge in [-0.2, -0.15) is 4.68 Å². The van der Waals surface area contributed by atoms with Crippen molar-refractivity contribution in [2.45, 2.75) is 6.92 Å². The molecule has 5 aromatic rings. The van der Waals surface area contributed by atoms with E-state index < -0.39 is 0 Å². The van der Waals surface area contributed by atoms with Crippen molar-refractivity contribution in [3.05, 3.63) is 53.7 Å². The van der Waals surface area contributed by atoms with E-state index in [0.29, 0.717) is 23.1 Å². The van der Waals surface area contributed by atoms with Gasteiger partial charge < -0.3 is 9.47 Å². The molecule has 3 aromatic heterocycles. The number of para-hydroxylation sites is 1. The minimum Gasteiger partial charge on any atom is -0.493 e. The van der Waals surface area contributed by atoms with E-state index in [2.05, 4.69) is 20.7 Å². The first-order chi connectivity index (χ1) is 14.2. The smallest absolute Gasteiger partial charge is 0.168 e. The Morgan fingerprint density at radius 2 is 1.79 bits per heavy atom. The van der Waals surface area contributed by atoms with Crippen molar-refractivity contribution >= 4 is 32.6 Å². The normalized spacial score (nSPS) is 11.3. The lowest BCUT2D eigenvalue weighted by Gasteiger charge is -2.10. The lowest BCUT2D eigenvalue weighted by atomic mass is 10.1. The number of rotatable bonds is 4. The average Bonchev–Trinajstić information content (AvgIpc) is 3.37. The van der Waals surface area contributed by atoms with Crippen LogP contribution in [0.1, 0.15) is 5.82 Å². The summed E-state index contributed by atoms with van der Waals surface area (Å²) in [6.07, 6.45) is 0. The molecule has 0 bridgehead atoms. The van der Waals surface area contributed by atoms with E-state index in [9.17, 15) is 0 Å². The summed E-state index contributed by atoms with van der Waals surface area (Å²) < 4.78 is 12.6. The molecule has 0 unspecified atom stereocenters. The molecule has 0 aliphatic rings. The number of benzene rings is 2. The summed E-state index contributed by atoms with van der Waals surface area (Å²) in [6, 6.07) is 13.7. The molecule has 0 fully saturated rings. The van der Waals surface area contributed by atoms with Gasteiger partial charge in [-0.05, 0) is 36.8 Å².